The molecule has 0 bridgehead atoms. The summed E-state index contributed by atoms with van der Waals surface area (Å²) in [4.78, 5) is 22.2. The highest BCUT2D eigenvalue weighted by Crippen LogP contribution is 2.26. The summed E-state index contributed by atoms with van der Waals surface area (Å²) in [7, 11) is 0. The van der Waals surface area contributed by atoms with Crippen molar-refractivity contribution in [2.75, 3.05) is 26.2 Å². The smallest absolute Gasteiger partial charge is 0.241 e. The highest BCUT2D eigenvalue weighted by atomic mass is 35.5. The molecule has 0 radical (unpaired) electrons. The van der Waals surface area contributed by atoms with E-state index in [9.17, 15) is 4.79 Å². The summed E-state index contributed by atoms with van der Waals surface area (Å²) in [5.74, 6) is 1.26. The number of carbonyl (C=O) groups is 1. The summed E-state index contributed by atoms with van der Waals surface area (Å²) in [6.07, 6.45) is 6.95. The lowest BCUT2D eigenvalue weighted by atomic mass is 9.96. The first-order valence-electron chi connectivity index (χ1n) is 13.5. The third-order valence-corrected chi connectivity index (χ3v) is 7.79. The van der Waals surface area contributed by atoms with Crippen molar-refractivity contribution in [2.45, 2.75) is 58.2 Å². The second kappa shape index (κ2) is 12.7. The minimum atomic E-state index is 0.0397. The zero-order chi connectivity index (χ0) is 25.5. The van der Waals surface area contributed by atoms with Crippen LogP contribution < -0.4 is 5.32 Å². The highest BCUT2D eigenvalue weighted by Gasteiger charge is 2.26. The van der Waals surface area contributed by atoms with E-state index in [4.69, 9.17) is 16.1 Å². The van der Waals surface area contributed by atoms with Crippen molar-refractivity contribution < 1.29 is 9.32 Å². The Morgan fingerprint density at radius 1 is 0.919 bits per heavy atom. The van der Waals surface area contributed by atoms with Crippen molar-refractivity contribution in [3.8, 4) is 11.4 Å². The molecule has 2 aliphatic rings. The third-order valence-electron chi connectivity index (χ3n) is 7.46. The van der Waals surface area contributed by atoms with E-state index in [-0.39, 0.29) is 11.8 Å². The van der Waals surface area contributed by atoms with Crippen molar-refractivity contribution in [3.05, 3.63) is 70.6 Å². The number of nitrogens with zero attached hydrogens (tertiary/aromatic N) is 4. The van der Waals surface area contributed by atoms with Crippen molar-refractivity contribution in [1.29, 1.82) is 0 Å². The van der Waals surface area contributed by atoms with Crippen LogP contribution >= 0.6 is 11.6 Å². The number of aromatic nitrogens is 2. The molecule has 0 aliphatic carbocycles. The fourth-order valence-electron chi connectivity index (χ4n) is 5.34. The number of hydrogen-bond acceptors (Lipinski definition) is 6. The molecule has 5 rings (SSSR count). The Morgan fingerprint density at radius 2 is 1.65 bits per heavy atom. The summed E-state index contributed by atoms with van der Waals surface area (Å²) in [6, 6.07) is 16.1. The van der Waals surface area contributed by atoms with Gasteiger partial charge >= 0.3 is 0 Å². The third kappa shape index (κ3) is 7.18. The van der Waals surface area contributed by atoms with Crippen LogP contribution in [0.15, 0.2) is 53.1 Å². The number of likely N-dealkylation sites (tertiary alicyclic amines) is 2. The monoisotopic (exact) mass is 521 g/mol. The van der Waals surface area contributed by atoms with Gasteiger partial charge in [0.05, 0.1) is 11.6 Å². The van der Waals surface area contributed by atoms with Crippen LogP contribution in [-0.4, -0.2) is 52.0 Å². The number of benzene rings is 2. The predicted molar refractivity (Wildman–Crippen MR) is 145 cm³/mol. The molecular weight excluding hydrogens is 486 g/mol. The Labute approximate surface area is 224 Å². The normalized spacial score (nSPS) is 18.0. The van der Waals surface area contributed by atoms with Gasteiger partial charge in [0, 0.05) is 24.6 Å². The van der Waals surface area contributed by atoms with Crippen molar-refractivity contribution in [1.82, 2.24) is 25.3 Å². The quantitative estimate of drug-likeness (QED) is 0.434. The number of halogens is 1. The standard InChI is InChI=1S/C29H36ClN5O2/c30-26-11-4-3-10-25(26)28-32-27(37-33-28)21-35-16-12-24(13-17-35)29(36)31-19-22-8-7-9-23(18-22)20-34-14-5-1-2-6-15-34/h3-4,7-11,18,24H,1-2,5-6,12-17,19-21H2,(H,31,36). The van der Waals surface area contributed by atoms with Crippen LogP contribution in [-0.2, 0) is 24.4 Å². The Bertz CT molecular complexity index is 1170. The van der Waals surface area contributed by atoms with Gasteiger partial charge in [0.25, 0.3) is 0 Å². The maximum absolute atomic E-state index is 12.9. The van der Waals surface area contributed by atoms with Gasteiger partial charge in [-0.1, -0.05) is 66.0 Å². The number of hydrogen-bond donors (Lipinski definition) is 1. The van der Waals surface area contributed by atoms with Gasteiger partial charge in [-0.2, -0.15) is 4.98 Å². The second-order valence-corrected chi connectivity index (χ2v) is 10.7. The Morgan fingerprint density at radius 3 is 2.43 bits per heavy atom. The molecule has 0 spiro atoms. The summed E-state index contributed by atoms with van der Waals surface area (Å²) < 4.78 is 5.46. The topological polar surface area (TPSA) is 74.5 Å². The zero-order valence-corrected chi connectivity index (χ0v) is 22.1. The van der Waals surface area contributed by atoms with Gasteiger partial charge in [-0.25, -0.2) is 0 Å². The molecule has 1 aromatic heterocycles. The predicted octanol–water partition coefficient (Wildman–Crippen LogP) is 5.29. The van der Waals surface area contributed by atoms with Gasteiger partial charge in [-0.05, 0) is 75.1 Å². The Kier molecular flexibility index (Phi) is 8.87. The van der Waals surface area contributed by atoms with Crippen LogP contribution in [0.4, 0.5) is 0 Å². The number of rotatable bonds is 8. The lowest BCUT2D eigenvalue weighted by molar-refractivity contribution is -0.126. The van der Waals surface area contributed by atoms with Crippen LogP contribution in [0.25, 0.3) is 11.4 Å². The molecule has 0 atom stereocenters. The minimum absolute atomic E-state index is 0.0397. The lowest BCUT2D eigenvalue weighted by Gasteiger charge is -2.30. The van der Waals surface area contributed by atoms with E-state index in [0.717, 1.165) is 38.0 Å². The van der Waals surface area contributed by atoms with Crippen molar-refractivity contribution in [2.24, 2.45) is 5.92 Å². The van der Waals surface area contributed by atoms with Gasteiger partial charge < -0.3 is 9.84 Å². The fraction of sp³-hybridized carbons (Fsp3) is 0.483. The highest BCUT2D eigenvalue weighted by molar-refractivity contribution is 6.33. The van der Waals surface area contributed by atoms with Gasteiger partial charge in [-0.15, -0.1) is 0 Å². The zero-order valence-electron chi connectivity index (χ0n) is 21.4. The molecule has 8 heteroatoms. The number of piperidine rings is 1. The number of nitrogens with one attached hydrogen (secondary N) is 1. The molecule has 196 valence electrons. The van der Waals surface area contributed by atoms with Crippen molar-refractivity contribution in [3.63, 3.8) is 0 Å². The maximum Gasteiger partial charge on any atom is 0.241 e. The number of amides is 1. The number of carbonyl (C=O) groups excluding carboxylic acids is 1. The molecule has 0 unspecified atom stereocenters. The molecule has 37 heavy (non-hydrogen) atoms. The molecule has 3 heterocycles. The van der Waals surface area contributed by atoms with Crippen LogP contribution in [0.1, 0.15) is 55.5 Å². The summed E-state index contributed by atoms with van der Waals surface area (Å²) >= 11 is 6.25. The van der Waals surface area contributed by atoms with Gasteiger partial charge in [0.1, 0.15) is 0 Å². The van der Waals surface area contributed by atoms with Gasteiger partial charge in [0.15, 0.2) is 0 Å². The van der Waals surface area contributed by atoms with Gasteiger partial charge in [0.2, 0.25) is 17.6 Å². The first-order chi connectivity index (χ1) is 18.1. The Balaban J connectivity index is 1.06. The van der Waals surface area contributed by atoms with Gasteiger partial charge in [-0.3, -0.25) is 14.6 Å². The van der Waals surface area contributed by atoms with E-state index < -0.39 is 0 Å². The van der Waals surface area contributed by atoms with E-state index in [1.807, 2.05) is 24.3 Å². The molecule has 3 aromatic rings. The minimum Gasteiger partial charge on any atom is -0.352 e. The summed E-state index contributed by atoms with van der Waals surface area (Å²) in [5, 5.41) is 7.87. The van der Waals surface area contributed by atoms with Crippen LogP contribution in [0.3, 0.4) is 0 Å². The largest absolute Gasteiger partial charge is 0.352 e. The molecule has 1 amide bonds. The summed E-state index contributed by atoms with van der Waals surface area (Å²) in [6.45, 7) is 6.19. The van der Waals surface area contributed by atoms with Crippen LogP contribution in [0.5, 0.6) is 0 Å². The maximum atomic E-state index is 12.9. The van der Waals surface area contributed by atoms with E-state index in [0.29, 0.717) is 29.8 Å². The molecule has 1 N–H and O–H groups in total. The lowest BCUT2D eigenvalue weighted by Crippen LogP contribution is -2.40. The molecule has 2 saturated heterocycles. The summed E-state index contributed by atoms with van der Waals surface area (Å²) in [5.41, 5.74) is 3.27. The Hall–Kier alpha value is -2.74. The molecule has 2 aromatic carbocycles. The first kappa shape index (κ1) is 25.9. The molecular formula is C29H36ClN5O2. The molecule has 0 saturated carbocycles. The van der Waals surface area contributed by atoms with Crippen LogP contribution in [0.2, 0.25) is 5.02 Å². The molecule has 2 fully saturated rings. The van der Waals surface area contributed by atoms with E-state index >= 15 is 0 Å². The van der Waals surface area contributed by atoms with E-state index in [2.05, 4.69) is 49.5 Å². The van der Waals surface area contributed by atoms with Crippen molar-refractivity contribution >= 4 is 17.5 Å². The molecule has 2 aliphatic heterocycles. The second-order valence-electron chi connectivity index (χ2n) is 10.3. The van der Waals surface area contributed by atoms with Crippen LogP contribution in [0, 0.1) is 5.92 Å². The average Bonchev–Trinajstić information content (AvgIpc) is 3.22. The molecule has 7 nitrogen and oxygen atoms in total. The van der Waals surface area contributed by atoms with E-state index in [1.165, 1.54) is 49.9 Å². The SMILES string of the molecule is O=C(NCc1cccc(CN2CCCCCC2)c1)C1CCN(Cc2nc(-c3ccccc3Cl)no2)CC1. The fourth-order valence-corrected chi connectivity index (χ4v) is 5.56. The van der Waals surface area contributed by atoms with E-state index in [1.54, 1.807) is 0 Å². The first-order valence-corrected chi connectivity index (χ1v) is 13.9. The average molecular weight is 522 g/mol.